The molecule has 0 bridgehead atoms. The van der Waals surface area contributed by atoms with Crippen LogP contribution in [0.15, 0.2) is 47.5 Å². The Labute approximate surface area is 172 Å². The van der Waals surface area contributed by atoms with Gasteiger partial charge >= 0.3 is 0 Å². The van der Waals surface area contributed by atoms with Gasteiger partial charge in [-0.3, -0.25) is 4.99 Å². The lowest BCUT2D eigenvalue weighted by Crippen LogP contribution is -2.36. The lowest BCUT2D eigenvalue weighted by molar-refractivity contribution is 0.336. The Morgan fingerprint density at radius 1 is 1.15 bits per heavy atom. The van der Waals surface area contributed by atoms with Crippen LogP contribution >= 0.6 is 24.0 Å². The van der Waals surface area contributed by atoms with Gasteiger partial charge in [0.2, 0.25) is 0 Å². The van der Waals surface area contributed by atoms with Crippen molar-refractivity contribution in [1.82, 2.24) is 10.6 Å². The summed E-state index contributed by atoms with van der Waals surface area (Å²) in [7, 11) is 1.74. The summed E-state index contributed by atoms with van der Waals surface area (Å²) in [6.45, 7) is 5.89. The van der Waals surface area contributed by atoms with Crippen molar-refractivity contribution in [3.05, 3.63) is 64.7 Å². The van der Waals surface area contributed by atoms with Gasteiger partial charge in [-0.2, -0.15) is 5.26 Å². The Morgan fingerprint density at radius 2 is 1.92 bits per heavy atom. The van der Waals surface area contributed by atoms with Crippen molar-refractivity contribution in [3.63, 3.8) is 0 Å². The second kappa shape index (κ2) is 11.4. The summed E-state index contributed by atoms with van der Waals surface area (Å²) in [4.78, 5) is 4.24. The number of aryl methyl sites for hydroxylation is 1. The van der Waals surface area contributed by atoms with Crippen LogP contribution in [-0.4, -0.2) is 19.6 Å². The molecule has 2 aromatic carbocycles. The molecule has 138 valence electrons. The molecule has 0 saturated heterocycles. The molecule has 0 aliphatic heterocycles. The highest BCUT2D eigenvalue weighted by Crippen LogP contribution is 2.20. The molecule has 5 nitrogen and oxygen atoms in total. The fraction of sp³-hybridized carbons (Fsp3) is 0.300. The maximum Gasteiger partial charge on any atom is 0.191 e. The predicted molar refractivity (Wildman–Crippen MR) is 116 cm³/mol. The zero-order chi connectivity index (χ0) is 18.1. The molecule has 2 N–H and O–H groups in total. The monoisotopic (exact) mass is 464 g/mol. The molecule has 0 radical (unpaired) electrons. The average molecular weight is 464 g/mol. The van der Waals surface area contributed by atoms with Crippen LogP contribution in [0.4, 0.5) is 0 Å². The van der Waals surface area contributed by atoms with E-state index in [4.69, 9.17) is 10.00 Å². The number of halogens is 1. The van der Waals surface area contributed by atoms with E-state index in [1.807, 2.05) is 31.2 Å². The highest BCUT2D eigenvalue weighted by atomic mass is 127. The third-order valence-corrected chi connectivity index (χ3v) is 3.71. The first kappa shape index (κ1) is 21.8. The van der Waals surface area contributed by atoms with Crippen LogP contribution in [0.5, 0.6) is 5.75 Å². The molecule has 6 heteroatoms. The van der Waals surface area contributed by atoms with Gasteiger partial charge in [-0.15, -0.1) is 24.0 Å². The summed E-state index contributed by atoms with van der Waals surface area (Å²) in [6.07, 6.45) is 0. The van der Waals surface area contributed by atoms with Crippen molar-refractivity contribution >= 4 is 29.9 Å². The zero-order valence-electron chi connectivity index (χ0n) is 15.4. The minimum absolute atomic E-state index is 0. The maximum atomic E-state index is 8.97. The summed E-state index contributed by atoms with van der Waals surface area (Å²) in [5.74, 6) is 1.59. The molecule has 0 atom stereocenters. The quantitative estimate of drug-likeness (QED) is 0.388. The number of ether oxygens (including phenoxy) is 1. The van der Waals surface area contributed by atoms with E-state index in [1.165, 1.54) is 5.56 Å². The van der Waals surface area contributed by atoms with Gasteiger partial charge in [0.25, 0.3) is 0 Å². The first-order valence-electron chi connectivity index (χ1n) is 8.32. The summed E-state index contributed by atoms with van der Waals surface area (Å²) in [5, 5.41) is 15.5. The van der Waals surface area contributed by atoms with Gasteiger partial charge in [-0.1, -0.05) is 24.3 Å². The number of aliphatic imine (C=N–C) groups is 1. The summed E-state index contributed by atoms with van der Waals surface area (Å²) in [6, 6.07) is 15.9. The van der Waals surface area contributed by atoms with Crippen molar-refractivity contribution in [2.75, 3.05) is 13.7 Å². The maximum absolute atomic E-state index is 8.97. The number of nitriles is 1. The van der Waals surface area contributed by atoms with Gasteiger partial charge in [-0.25, -0.2) is 0 Å². The van der Waals surface area contributed by atoms with E-state index in [2.05, 4.69) is 40.8 Å². The Balaban J connectivity index is 0.00000338. The molecule has 0 aliphatic rings. The van der Waals surface area contributed by atoms with Crippen molar-refractivity contribution < 1.29 is 4.74 Å². The molecule has 0 fully saturated rings. The number of rotatable bonds is 6. The number of nitrogens with zero attached hydrogens (tertiary/aromatic N) is 2. The molecule has 0 heterocycles. The summed E-state index contributed by atoms with van der Waals surface area (Å²) >= 11 is 0. The molecule has 0 amide bonds. The van der Waals surface area contributed by atoms with Crippen molar-refractivity contribution in [2.24, 2.45) is 4.99 Å². The third-order valence-electron chi connectivity index (χ3n) is 3.71. The van der Waals surface area contributed by atoms with Crippen molar-refractivity contribution in [1.29, 1.82) is 5.26 Å². The van der Waals surface area contributed by atoms with Gasteiger partial charge in [-0.05, 0) is 43.2 Å². The molecule has 2 aromatic rings. The van der Waals surface area contributed by atoms with E-state index in [-0.39, 0.29) is 24.0 Å². The summed E-state index contributed by atoms with van der Waals surface area (Å²) in [5.41, 5.74) is 3.95. The molecular formula is C20H25IN4O. The van der Waals surface area contributed by atoms with E-state index >= 15 is 0 Å². The molecule has 0 aromatic heterocycles. The molecular weight excluding hydrogens is 439 g/mol. The van der Waals surface area contributed by atoms with Crippen LogP contribution < -0.4 is 15.4 Å². The SMILES string of the molecule is CCOc1cc(C)ccc1CNC(=NC)NCc1cccc(C#N)c1.I. The average Bonchev–Trinajstić information content (AvgIpc) is 2.63. The smallest absolute Gasteiger partial charge is 0.191 e. The van der Waals surface area contributed by atoms with Crippen LogP contribution in [0.2, 0.25) is 0 Å². The minimum atomic E-state index is 0. The highest BCUT2D eigenvalue weighted by molar-refractivity contribution is 14.0. The fourth-order valence-electron chi connectivity index (χ4n) is 2.43. The van der Waals surface area contributed by atoms with E-state index in [0.717, 1.165) is 16.9 Å². The van der Waals surface area contributed by atoms with Crippen LogP contribution in [0.25, 0.3) is 0 Å². The second-order valence-electron chi connectivity index (χ2n) is 5.64. The number of guanidine groups is 1. The number of hydrogen-bond donors (Lipinski definition) is 2. The first-order valence-corrected chi connectivity index (χ1v) is 8.32. The van der Waals surface area contributed by atoms with Crippen LogP contribution in [0.1, 0.15) is 29.2 Å². The molecule has 26 heavy (non-hydrogen) atoms. The van der Waals surface area contributed by atoms with Crippen LogP contribution in [-0.2, 0) is 13.1 Å². The van der Waals surface area contributed by atoms with E-state index in [1.54, 1.807) is 13.1 Å². The minimum Gasteiger partial charge on any atom is -0.494 e. The van der Waals surface area contributed by atoms with Crippen molar-refractivity contribution in [2.45, 2.75) is 26.9 Å². The van der Waals surface area contributed by atoms with Gasteiger partial charge < -0.3 is 15.4 Å². The van der Waals surface area contributed by atoms with E-state index in [0.29, 0.717) is 31.2 Å². The fourth-order valence-corrected chi connectivity index (χ4v) is 2.43. The zero-order valence-corrected chi connectivity index (χ0v) is 17.7. The van der Waals surface area contributed by atoms with Gasteiger partial charge in [0.1, 0.15) is 5.75 Å². The lowest BCUT2D eigenvalue weighted by atomic mass is 10.1. The molecule has 0 aliphatic carbocycles. The normalized spacial score (nSPS) is 10.5. The topological polar surface area (TPSA) is 69.4 Å². The Morgan fingerprint density at radius 3 is 2.62 bits per heavy atom. The third kappa shape index (κ3) is 6.56. The number of nitrogens with one attached hydrogen (secondary N) is 2. The number of benzene rings is 2. The van der Waals surface area contributed by atoms with Gasteiger partial charge in [0.05, 0.1) is 18.2 Å². The molecule has 0 saturated carbocycles. The van der Waals surface area contributed by atoms with E-state index < -0.39 is 0 Å². The molecule has 0 unspecified atom stereocenters. The van der Waals surface area contributed by atoms with E-state index in [9.17, 15) is 0 Å². The molecule has 2 rings (SSSR count). The number of hydrogen-bond acceptors (Lipinski definition) is 3. The summed E-state index contributed by atoms with van der Waals surface area (Å²) < 4.78 is 5.71. The highest BCUT2D eigenvalue weighted by Gasteiger charge is 2.05. The second-order valence-corrected chi connectivity index (χ2v) is 5.64. The van der Waals surface area contributed by atoms with Crippen LogP contribution in [0, 0.1) is 18.3 Å². The lowest BCUT2D eigenvalue weighted by Gasteiger charge is -2.15. The van der Waals surface area contributed by atoms with Crippen molar-refractivity contribution in [3.8, 4) is 11.8 Å². The van der Waals surface area contributed by atoms with Gasteiger partial charge in [0, 0.05) is 25.7 Å². The Hall–Kier alpha value is -2.27. The Kier molecular flexibility index (Phi) is 9.52. The molecule has 0 spiro atoms. The first-order chi connectivity index (χ1) is 12.2. The Bertz CT molecular complexity index is 784. The largest absolute Gasteiger partial charge is 0.494 e. The van der Waals surface area contributed by atoms with Gasteiger partial charge in [0.15, 0.2) is 5.96 Å². The predicted octanol–water partition coefficient (Wildman–Crippen LogP) is 3.75. The van der Waals surface area contributed by atoms with Crippen LogP contribution in [0.3, 0.4) is 0 Å². The standard InChI is InChI=1S/C20H24N4O.HI/c1-4-25-19-10-15(2)8-9-18(19)14-24-20(22-3)23-13-17-7-5-6-16(11-17)12-21;/h5-11H,4,13-14H2,1-3H3,(H2,22,23,24);1H.